The highest BCUT2D eigenvalue weighted by molar-refractivity contribution is 5.96. The van der Waals surface area contributed by atoms with E-state index in [4.69, 9.17) is 5.73 Å². The molecule has 0 aromatic heterocycles. The fourth-order valence-electron chi connectivity index (χ4n) is 1.62. The molecule has 6 nitrogen and oxygen atoms in total. The SMILES string of the molecule is CCCNC(=O)CNc1ccc(C(=O)N(C)C)cc1N. The summed E-state index contributed by atoms with van der Waals surface area (Å²) in [7, 11) is 3.37. The molecule has 1 rings (SSSR count). The van der Waals surface area contributed by atoms with E-state index in [0.29, 0.717) is 23.5 Å². The molecule has 0 aliphatic carbocycles. The fourth-order valence-corrected chi connectivity index (χ4v) is 1.62. The molecule has 0 atom stereocenters. The van der Waals surface area contributed by atoms with Crippen molar-refractivity contribution in [1.82, 2.24) is 10.2 Å². The summed E-state index contributed by atoms with van der Waals surface area (Å²) in [6, 6.07) is 5.00. The fraction of sp³-hybridized carbons (Fsp3) is 0.429. The van der Waals surface area contributed by atoms with Gasteiger partial charge >= 0.3 is 0 Å². The number of nitrogens with one attached hydrogen (secondary N) is 2. The van der Waals surface area contributed by atoms with Crippen molar-refractivity contribution in [3.05, 3.63) is 23.8 Å². The van der Waals surface area contributed by atoms with Crippen LogP contribution < -0.4 is 16.4 Å². The molecule has 1 aromatic rings. The third kappa shape index (κ3) is 4.46. The molecule has 0 bridgehead atoms. The van der Waals surface area contributed by atoms with Crippen LogP contribution in [0.2, 0.25) is 0 Å². The van der Waals surface area contributed by atoms with Crippen molar-refractivity contribution in [3.63, 3.8) is 0 Å². The lowest BCUT2D eigenvalue weighted by Gasteiger charge is -2.13. The van der Waals surface area contributed by atoms with Gasteiger partial charge in [-0.1, -0.05) is 6.92 Å². The van der Waals surface area contributed by atoms with Crippen LogP contribution in [0.3, 0.4) is 0 Å². The molecule has 0 saturated heterocycles. The first kappa shape index (κ1) is 15.8. The van der Waals surface area contributed by atoms with Gasteiger partial charge in [-0.2, -0.15) is 0 Å². The van der Waals surface area contributed by atoms with E-state index in [0.717, 1.165) is 6.42 Å². The molecule has 0 fully saturated rings. The van der Waals surface area contributed by atoms with Crippen molar-refractivity contribution in [2.45, 2.75) is 13.3 Å². The molecule has 4 N–H and O–H groups in total. The first-order chi connectivity index (χ1) is 9.45. The molecule has 110 valence electrons. The van der Waals surface area contributed by atoms with Gasteiger partial charge in [0, 0.05) is 26.2 Å². The van der Waals surface area contributed by atoms with E-state index in [9.17, 15) is 9.59 Å². The number of rotatable bonds is 6. The van der Waals surface area contributed by atoms with E-state index < -0.39 is 0 Å². The number of anilines is 2. The lowest BCUT2D eigenvalue weighted by Crippen LogP contribution is -2.30. The van der Waals surface area contributed by atoms with Gasteiger partial charge in [0.15, 0.2) is 0 Å². The van der Waals surface area contributed by atoms with Crippen molar-refractivity contribution in [3.8, 4) is 0 Å². The minimum absolute atomic E-state index is 0.0836. The van der Waals surface area contributed by atoms with Crippen LogP contribution in [-0.2, 0) is 4.79 Å². The van der Waals surface area contributed by atoms with Crippen LogP contribution in [-0.4, -0.2) is 43.9 Å². The molecular formula is C14H22N4O2. The summed E-state index contributed by atoms with van der Waals surface area (Å²) in [6.45, 7) is 2.81. The van der Waals surface area contributed by atoms with Crippen LogP contribution >= 0.6 is 0 Å². The number of amides is 2. The Labute approximate surface area is 119 Å². The van der Waals surface area contributed by atoms with E-state index in [1.807, 2.05) is 6.92 Å². The van der Waals surface area contributed by atoms with Crippen LogP contribution in [0.5, 0.6) is 0 Å². The molecule has 0 radical (unpaired) electrons. The number of hydrogen-bond donors (Lipinski definition) is 3. The Bertz CT molecular complexity index is 486. The Morgan fingerprint density at radius 1 is 1.30 bits per heavy atom. The largest absolute Gasteiger partial charge is 0.397 e. The number of nitrogen functional groups attached to an aromatic ring is 1. The predicted octanol–water partition coefficient (Wildman–Crippen LogP) is 0.909. The average molecular weight is 278 g/mol. The number of nitrogens with zero attached hydrogens (tertiary/aromatic N) is 1. The normalized spacial score (nSPS) is 9.95. The first-order valence-electron chi connectivity index (χ1n) is 6.57. The second kappa shape index (κ2) is 7.37. The topological polar surface area (TPSA) is 87.5 Å². The van der Waals surface area contributed by atoms with Crippen molar-refractivity contribution in [2.24, 2.45) is 0 Å². The summed E-state index contributed by atoms with van der Waals surface area (Å²) in [5.74, 6) is -0.191. The van der Waals surface area contributed by atoms with Crippen LogP contribution in [0.25, 0.3) is 0 Å². The Morgan fingerprint density at radius 3 is 2.55 bits per heavy atom. The van der Waals surface area contributed by atoms with Gasteiger partial charge in [-0.05, 0) is 24.6 Å². The smallest absolute Gasteiger partial charge is 0.253 e. The molecule has 0 unspecified atom stereocenters. The maximum Gasteiger partial charge on any atom is 0.253 e. The zero-order chi connectivity index (χ0) is 15.1. The second-order valence-electron chi connectivity index (χ2n) is 4.71. The minimum atomic E-state index is -0.107. The quantitative estimate of drug-likeness (QED) is 0.675. The summed E-state index contributed by atoms with van der Waals surface area (Å²) in [5, 5.41) is 5.72. The minimum Gasteiger partial charge on any atom is -0.397 e. The molecule has 0 saturated carbocycles. The third-order valence-corrected chi connectivity index (χ3v) is 2.72. The third-order valence-electron chi connectivity index (χ3n) is 2.72. The highest BCUT2D eigenvalue weighted by atomic mass is 16.2. The number of hydrogen-bond acceptors (Lipinski definition) is 4. The molecular weight excluding hydrogens is 256 g/mol. The first-order valence-corrected chi connectivity index (χ1v) is 6.57. The van der Waals surface area contributed by atoms with Crippen molar-refractivity contribution >= 4 is 23.2 Å². The predicted molar refractivity (Wildman–Crippen MR) is 80.7 cm³/mol. The van der Waals surface area contributed by atoms with Crippen LogP contribution in [0.1, 0.15) is 23.7 Å². The summed E-state index contributed by atoms with van der Waals surface area (Å²) < 4.78 is 0. The standard InChI is InChI=1S/C14H22N4O2/c1-4-7-16-13(19)9-17-12-6-5-10(8-11(12)15)14(20)18(2)3/h5-6,8,17H,4,7,9,15H2,1-3H3,(H,16,19). The number of nitrogens with two attached hydrogens (primary N) is 1. The van der Waals surface area contributed by atoms with Gasteiger partial charge in [-0.3, -0.25) is 9.59 Å². The van der Waals surface area contributed by atoms with E-state index in [1.165, 1.54) is 4.90 Å². The summed E-state index contributed by atoms with van der Waals surface area (Å²) >= 11 is 0. The lowest BCUT2D eigenvalue weighted by atomic mass is 10.1. The molecule has 0 aliphatic rings. The summed E-state index contributed by atoms with van der Waals surface area (Å²) in [5.41, 5.74) is 7.49. The maximum atomic E-state index is 11.8. The van der Waals surface area contributed by atoms with Gasteiger partial charge < -0.3 is 21.3 Å². The van der Waals surface area contributed by atoms with Gasteiger partial charge in [0.25, 0.3) is 5.91 Å². The number of carbonyl (C=O) groups excluding carboxylic acids is 2. The van der Waals surface area contributed by atoms with Gasteiger partial charge in [0.1, 0.15) is 0 Å². The molecule has 1 aromatic carbocycles. The molecule has 0 heterocycles. The molecule has 0 aliphatic heterocycles. The van der Waals surface area contributed by atoms with Crippen LogP contribution in [0.4, 0.5) is 11.4 Å². The van der Waals surface area contributed by atoms with Gasteiger partial charge in [0.2, 0.25) is 5.91 Å². The molecule has 0 spiro atoms. The zero-order valence-electron chi connectivity index (χ0n) is 12.2. The Balaban J connectivity index is 2.65. The van der Waals surface area contributed by atoms with Crippen molar-refractivity contribution < 1.29 is 9.59 Å². The van der Waals surface area contributed by atoms with E-state index in [2.05, 4.69) is 10.6 Å². The van der Waals surface area contributed by atoms with Gasteiger partial charge in [0.05, 0.1) is 17.9 Å². The van der Waals surface area contributed by atoms with Gasteiger partial charge in [-0.15, -0.1) is 0 Å². The number of benzene rings is 1. The monoisotopic (exact) mass is 278 g/mol. The Kier molecular flexibility index (Phi) is 5.83. The average Bonchev–Trinajstić information content (AvgIpc) is 2.42. The van der Waals surface area contributed by atoms with Crippen molar-refractivity contribution in [2.75, 3.05) is 38.2 Å². The van der Waals surface area contributed by atoms with E-state index in [-0.39, 0.29) is 18.4 Å². The highest BCUT2D eigenvalue weighted by Gasteiger charge is 2.10. The zero-order valence-corrected chi connectivity index (χ0v) is 12.2. The molecule has 6 heteroatoms. The van der Waals surface area contributed by atoms with Crippen LogP contribution in [0.15, 0.2) is 18.2 Å². The summed E-state index contributed by atoms with van der Waals surface area (Å²) in [6.07, 6.45) is 0.898. The van der Waals surface area contributed by atoms with Crippen LogP contribution in [0, 0.1) is 0 Å². The Hall–Kier alpha value is -2.24. The van der Waals surface area contributed by atoms with E-state index in [1.54, 1.807) is 32.3 Å². The maximum absolute atomic E-state index is 11.8. The van der Waals surface area contributed by atoms with Crippen molar-refractivity contribution in [1.29, 1.82) is 0 Å². The second-order valence-corrected chi connectivity index (χ2v) is 4.71. The molecule has 20 heavy (non-hydrogen) atoms. The summed E-state index contributed by atoms with van der Waals surface area (Å²) in [4.78, 5) is 24.7. The van der Waals surface area contributed by atoms with E-state index >= 15 is 0 Å². The Morgan fingerprint density at radius 2 is 2.00 bits per heavy atom. The van der Waals surface area contributed by atoms with Gasteiger partial charge in [-0.25, -0.2) is 0 Å². The highest BCUT2D eigenvalue weighted by Crippen LogP contribution is 2.20. The lowest BCUT2D eigenvalue weighted by molar-refractivity contribution is -0.119. The number of carbonyl (C=O) groups is 2. The molecule has 2 amide bonds.